The molecule has 1 aliphatic rings. The SMILES string of the molecule is CC(C)(C)Cc1cn(-c2ccc(CN3C(=O)N(c4ccc(C#N)c(C(F)(F)F)c4)C(=O)C3(C)C)cc2)nn1. The first-order valence-electron chi connectivity index (χ1n) is 11.9. The summed E-state index contributed by atoms with van der Waals surface area (Å²) in [5.74, 6) is -0.661. The summed E-state index contributed by atoms with van der Waals surface area (Å²) in [6, 6.07) is 10.8. The Bertz CT molecular complexity index is 1430. The summed E-state index contributed by atoms with van der Waals surface area (Å²) in [6.07, 6.45) is -2.19. The zero-order chi connectivity index (χ0) is 28.0. The van der Waals surface area contributed by atoms with E-state index >= 15 is 0 Å². The smallest absolute Gasteiger partial charge is 0.305 e. The highest BCUT2D eigenvalue weighted by molar-refractivity contribution is 6.23. The quantitative estimate of drug-likeness (QED) is 0.411. The molecular weight excluding hydrogens is 497 g/mol. The van der Waals surface area contributed by atoms with Gasteiger partial charge in [0.1, 0.15) is 5.54 Å². The summed E-state index contributed by atoms with van der Waals surface area (Å²) in [6.45, 7) is 9.49. The first-order valence-corrected chi connectivity index (χ1v) is 11.9. The van der Waals surface area contributed by atoms with Gasteiger partial charge in [-0.3, -0.25) is 4.79 Å². The number of amides is 3. The normalized spacial score (nSPS) is 15.8. The summed E-state index contributed by atoms with van der Waals surface area (Å²) in [7, 11) is 0. The second-order valence-corrected chi connectivity index (χ2v) is 11.0. The first kappa shape index (κ1) is 26.9. The van der Waals surface area contributed by atoms with Crippen molar-refractivity contribution in [1.82, 2.24) is 19.9 Å². The van der Waals surface area contributed by atoms with E-state index in [0.29, 0.717) is 6.07 Å². The number of hydrogen-bond donors (Lipinski definition) is 0. The van der Waals surface area contributed by atoms with Gasteiger partial charge in [0.05, 0.1) is 40.5 Å². The number of hydrogen-bond acceptors (Lipinski definition) is 5. The molecule has 38 heavy (non-hydrogen) atoms. The number of rotatable bonds is 5. The molecule has 0 radical (unpaired) electrons. The molecule has 0 aliphatic carbocycles. The van der Waals surface area contributed by atoms with E-state index in [4.69, 9.17) is 5.26 Å². The van der Waals surface area contributed by atoms with Crippen molar-refractivity contribution >= 4 is 17.6 Å². The van der Waals surface area contributed by atoms with Crippen molar-refractivity contribution < 1.29 is 22.8 Å². The lowest BCUT2D eigenvalue weighted by atomic mass is 9.91. The van der Waals surface area contributed by atoms with Gasteiger partial charge in [-0.1, -0.05) is 38.1 Å². The number of urea groups is 1. The summed E-state index contributed by atoms with van der Waals surface area (Å²) in [5.41, 5.74) is -0.930. The molecule has 8 nitrogen and oxygen atoms in total. The molecule has 0 saturated carbocycles. The Morgan fingerprint density at radius 2 is 1.63 bits per heavy atom. The van der Waals surface area contributed by atoms with E-state index in [1.165, 1.54) is 17.0 Å². The number of anilines is 1. The Morgan fingerprint density at radius 3 is 2.21 bits per heavy atom. The largest absolute Gasteiger partial charge is 0.417 e. The molecule has 1 aromatic heterocycles. The molecule has 1 saturated heterocycles. The van der Waals surface area contributed by atoms with Crippen LogP contribution >= 0.6 is 0 Å². The van der Waals surface area contributed by atoms with E-state index in [1.54, 1.807) is 30.7 Å². The minimum absolute atomic E-state index is 0.0589. The highest BCUT2D eigenvalue weighted by Gasteiger charge is 2.52. The van der Waals surface area contributed by atoms with Gasteiger partial charge >= 0.3 is 12.2 Å². The second kappa shape index (κ2) is 9.28. The van der Waals surface area contributed by atoms with Crippen LogP contribution in [-0.4, -0.2) is 37.4 Å². The van der Waals surface area contributed by atoms with Gasteiger partial charge in [0.2, 0.25) is 0 Å². The van der Waals surface area contributed by atoms with Crippen LogP contribution in [0.25, 0.3) is 5.69 Å². The van der Waals surface area contributed by atoms with Crippen LogP contribution in [0.3, 0.4) is 0 Å². The average Bonchev–Trinajstić information content (AvgIpc) is 3.34. The molecule has 3 aromatic rings. The molecule has 2 heterocycles. The third kappa shape index (κ3) is 5.11. The lowest BCUT2D eigenvalue weighted by Crippen LogP contribution is -2.43. The summed E-state index contributed by atoms with van der Waals surface area (Å²) in [5, 5.41) is 17.5. The molecule has 0 atom stereocenters. The Kier molecular flexibility index (Phi) is 6.55. The zero-order valence-electron chi connectivity index (χ0n) is 21.7. The topological polar surface area (TPSA) is 95.1 Å². The van der Waals surface area contributed by atoms with Crippen LogP contribution in [-0.2, 0) is 23.9 Å². The monoisotopic (exact) mass is 524 g/mol. The van der Waals surface area contributed by atoms with Crippen LogP contribution in [0.1, 0.15) is 57.0 Å². The second-order valence-electron chi connectivity index (χ2n) is 11.0. The van der Waals surface area contributed by atoms with Crippen molar-refractivity contribution in [3.05, 3.63) is 71.0 Å². The van der Waals surface area contributed by atoms with Gasteiger partial charge in [0.25, 0.3) is 5.91 Å². The van der Waals surface area contributed by atoms with Crippen LogP contribution in [0.4, 0.5) is 23.7 Å². The third-order valence-corrected chi connectivity index (χ3v) is 6.30. The van der Waals surface area contributed by atoms with Crippen LogP contribution in [0.5, 0.6) is 0 Å². The van der Waals surface area contributed by atoms with Crippen molar-refractivity contribution in [2.75, 3.05) is 4.90 Å². The van der Waals surface area contributed by atoms with E-state index in [0.717, 1.165) is 34.3 Å². The van der Waals surface area contributed by atoms with Crippen LogP contribution < -0.4 is 4.90 Å². The van der Waals surface area contributed by atoms with Crippen molar-refractivity contribution in [1.29, 1.82) is 5.26 Å². The van der Waals surface area contributed by atoms with Crippen LogP contribution in [0.15, 0.2) is 48.7 Å². The molecule has 3 amide bonds. The number of halogens is 3. The Labute approximate surface area is 218 Å². The predicted octanol–water partition coefficient (Wildman–Crippen LogP) is 5.49. The molecule has 1 aliphatic heterocycles. The van der Waals surface area contributed by atoms with E-state index < -0.39 is 34.8 Å². The minimum atomic E-state index is -4.82. The molecule has 198 valence electrons. The fourth-order valence-corrected chi connectivity index (χ4v) is 4.32. The highest BCUT2D eigenvalue weighted by Crippen LogP contribution is 2.38. The number of nitriles is 1. The van der Waals surface area contributed by atoms with E-state index in [9.17, 15) is 22.8 Å². The highest BCUT2D eigenvalue weighted by atomic mass is 19.4. The summed E-state index contributed by atoms with van der Waals surface area (Å²) < 4.78 is 42.1. The third-order valence-electron chi connectivity index (χ3n) is 6.30. The molecule has 4 rings (SSSR count). The van der Waals surface area contributed by atoms with Crippen molar-refractivity contribution in [2.24, 2.45) is 5.41 Å². The van der Waals surface area contributed by atoms with Crippen molar-refractivity contribution in [3.63, 3.8) is 0 Å². The molecule has 1 fully saturated rings. The van der Waals surface area contributed by atoms with Crippen molar-refractivity contribution in [2.45, 2.75) is 59.3 Å². The minimum Gasteiger partial charge on any atom is -0.305 e. The van der Waals surface area contributed by atoms with Crippen LogP contribution in [0.2, 0.25) is 0 Å². The maximum atomic E-state index is 13.5. The number of alkyl halides is 3. The Morgan fingerprint density at radius 1 is 1.00 bits per heavy atom. The standard InChI is InChI=1S/C27H27F3N6O2/c1-25(2,3)13-19-16-35(33-32-19)20-9-6-17(7-10-20)15-34-24(38)36(23(37)26(34,4)5)21-11-8-18(14-31)22(12-21)27(28,29)30/h6-12,16H,13,15H2,1-5H3. The lowest BCUT2D eigenvalue weighted by Gasteiger charge is -2.27. The molecule has 11 heteroatoms. The van der Waals surface area contributed by atoms with Gasteiger partial charge in [-0.05, 0) is 61.6 Å². The predicted molar refractivity (Wildman–Crippen MR) is 133 cm³/mol. The van der Waals surface area contributed by atoms with Gasteiger partial charge in [-0.25, -0.2) is 14.4 Å². The van der Waals surface area contributed by atoms with Gasteiger partial charge in [0.15, 0.2) is 0 Å². The molecule has 0 bridgehead atoms. The first-order chi connectivity index (χ1) is 17.6. The number of aromatic nitrogens is 3. The van der Waals surface area contributed by atoms with E-state index in [-0.39, 0.29) is 17.6 Å². The number of carbonyl (C=O) groups excluding carboxylic acids is 2. The molecule has 0 spiro atoms. The zero-order valence-corrected chi connectivity index (χ0v) is 21.7. The summed E-state index contributed by atoms with van der Waals surface area (Å²) >= 11 is 0. The Hall–Kier alpha value is -4.20. The number of carbonyl (C=O) groups is 2. The van der Waals surface area contributed by atoms with Gasteiger partial charge in [0, 0.05) is 6.54 Å². The van der Waals surface area contributed by atoms with Gasteiger partial charge in [-0.15, -0.1) is 5.10 Å². The average molecular weight is 525 g/mol. The Balaban J connectivity index is 1.57. The lowest BCUT2D eigenvalue weighted by molar-refractivity contribution is -0.137. The molecular formula is C27H27F3N6O2. The number of benzene rings is 2. The fourth-order valence-electron chi connectivity index (χ4n) is 4.32. The summed E-state index contributed by atoms with van der Waals surface area (Å²) in [4.78, 5) is 28.6. The van der Waals surface area contributed by atoms with Gasteiger partial charge in [-0.2, -0.15) is 18.4 Å². The number of imide groups is 1. The van der Waals surface area contributed by atoms with E-state index in [2.05, 4.69) is 31.1 Å². The van der Waals surface area contributed by atoms with Gasteiger partial charge < -0.3 is 4.90 Å². The fraction of sp³-hybridized carbons (Fsp3) is 0.370. The van der Waals surface area contributed by atoms with E-state index in [1.807, 2.05) is 18.3 Å². The molecule has 0 N–H and O–H groups in total. The van der Waals surface area contributed by atoms with Crippen molar-refractivity contribution in [3.8, 4) is 11.8 Å². The molecule has 2 aromatic carbocycles. The number of nitrogens with zero attached hydrogens (tertiary/aromatic N) is 6. The maximum absolute atomic E-state index is 13.5. The van der Waals surface area contributed by atoms with Crippen LogP contribution in [0, 0.1) is 16.7 Å². The maximum Gasteiger partial charge on any atom is 0.417 e. The molecule has 0 unspecified atom stereocenters.